The van der Waals surface area contributed by atoms with E-state index in [-0.39, 0.29) is 11.4 Å². The summed E-state index contributed by atoms with van der Waals surface area (Å²) in [4.78, 5) is 15.4. The molecule has 1 aliphatic heterocycles. The molecule has 0 spiro atoms. The van der Waals surface area contributed by atoms with Gasteiger partial charge in [-0.15, -0.1) is 0 Å². The molecule has 0 bridgehead atoms. The van der Waals surface area contributed by atoms with Crippen molar-refractivity contribution in [1.29, 1.82) is 0 Å². The Balaban J connectivity index is 1.69. The largest absolute Gasteiger partial charge is 0.379 e. The van der Waals surface area contributed by atoms with Crippen molar-refractivity contribution < 1.29 is 9.53 Å². The maximum absolute atomic E-state index is 12.8. The second kappa shape index (κ2) is 7.87. The fraction of sp³-hybridized carbons (Fsp3) is 0.789. The van der Waals surface area contributed by atoms with Crippen LogP contribution in [0.4, 0.5) is 0 Å². The van der Waals surface area contributed by atoms with Crippen LogP contribution in [0.5, 0.6) is 0 Å². The zero-order chi connectivity index (χ0) is 17.9. The van der Waals surface area contributed by atoms with Gasteiger partial charge in [0.2, 0.25) is 0 Å². The lowest BCUT2D eigenvalue weighted by molar-refractivity contribution is -0.0199. The van der Waals surface area contributed by atoms with Crippen LogP contribution in [0.3, 0.4) is 0 Å². The van der Waals surface area contributed by atoms with Crippen molar-refractivity contribution in [1.82, 2.24) is 20.0 Å². The van der Waals surface area contributed by atoms with E-state index in [4.69, 9.17) is 4.74 Å². The van der Waals surface area contributed by atoms with Crippen LogP contribution in [0.15, 0.2) is 6.07 Å². The first-order valence-corrected chi connectivity index (χ1v) is 9.74. The number of carbonyl (C=O) groups is 1. The third kappa shape index (κ3) is 3.90. The van der Waals surface area contributed by atoms with Crippen LogP contribution in [-0.4, -0.2) is 59.0 Å². The van der Waals surface area contributed by atoms with Gasteiger partial charge in [-0.05, 0) is 31.7 Å². The molecule has 1 N–H and O–H groups in total. The number of ether oxygens (including phenoxy) is 1. The third-order valence-electron chi connectivity index (χ3n) is 5.72. The molecule has 1 aliphatic carbocycles. The molecule has 0 radical (unpaired) electrons. The number of rotatable bonds is 6. The maximum atomic E-state index is 12.8. The average Bonchev–Trinajstić information content (AvgIpc) is 3.28. The maximum Gasteiger partial charge on any atom is 0.269 e. The number of carbonyl (C=O) groups excluding carboxylic acids is 1. The summed E-state index contributed by atoms with van der Waals surface area (Å²) in [6, 6.07) is 1.94. The molecule has 2 aliphatic rings. The lowest BCUT2D eigenvalue weighted by Gasteiger charge is -2.43. The van der Waals surface area contributed by atoms with Crippen molar-refractivity contribution in [2.24, 2.45) is 0 Å². The molecule has 1 saturated heterocycles. The summed E-state index contributed by atoms with van der Waals surface area (Å²) < 4.78 is 7.33. The molecule has 2 heterocycles. The van der Waals surface area contributed by atoms with Gasteiger partial charge in [0.25, 0.3) is 5.91 Å². The summed E-state index contributed by atoms with van der Waals surface area (Å²) >= 11 is 0. The Morgan fingerprint density at radius 2 is 2.00 bits per heavy atom. The van der Waals surface area contributed by atoms with Gasteiger partial charge < -0.3 is 10.1 Å². The number of aryl methyl sites for hydroxylation is 1. The van der Waals surface area contributed by atoms with Crippen molar-refractivity contribution >= 4 is 5.91 Å². The minimum atomic E-state index is 0.000726. The number of hydrogen-bond donors (Lipinski definition) is 1. The monoisotopic (exact) mass is 348 g/mol. The van der Waals surface area contributed by atoms with Crippen molar-refractivity contribution in [3.05, 3.63) is 17.5 Å². The van der Waals surface area contributed by atoms with E-state index >= 15 is 0 Å². The minimum absolute atomic E-state index is 0.000726. The standard InChI is InChI=1S/C19H32N4O2/c1-4-23-17(13-16(21-23)15(2)3)18(24)20-14-19(7-5-6-8-19)22-9-11-25-12-10-22/h13,15H,4-12,14H2,1-3H3,(H,20,24). The lowest BCUT2D eigenvalue weighted by atomic mass is 9.94. The molecule has 25 heavy (non-hydrogen) atoms. The van der Waals surface area contributed by atoms with Gasteiger partial charge in [-0.2, -0.15) is 5.10 Å². The summed E-state index contributed by atoms with van der Waals surface area (Å²) in [5, 5.41) is 7.79. The van der Waals surface area contributed by atoms with E-state index < -0.39 is 0 Å². The van der Waals surface area contributed by atoms with Crippen molar-refractivity contribution in [2.45, 2.75) is 64.5 Å². The second-order valence-corrected chi connectivity index (χ2v) is 7.64. The van der Waals surface area contributed by atoms with Crippen molar-refractivity contribution in [3.8, 4) is 0 Å². The highest BCUT2D eigenvalue weighted by atomic mass is 16.5. The van der Waals surface area contributed by atoms with Gasteiger partial charge in [0.1, 0.15) is 5.69 Å². The van der Waals surface area contributed by atoms with E-state index in [1.54, 1.807) is 0 Å². The first-order valence-electron chi connectivity index (χ1n) is 9.74. The molecule has 3 rings (SSSR count). The van der Waals surface area contributed by atoms with Gasteiger partial charge in [-0.1, -0.05) is 26.7 Å². The Labute approximate surface area is 150 Å². The van der Waals surface area contributed by atoms with Crippen LogP contribution < -0.4 is 5.32 Å². The smallest absolute Gasteiger partial charge is 0.269 e. The summed E-state index contributed by atoms with van der Waals surface area (Å²) in [5.41, 5.74) is 1.77. The first-order chi connectivity index (χ1) is 12.1. The molecule has 0 aromatic carbocycles. The van der Waals surface area contributed by atoms with Crippen LogP contribution in [0.25, 0.3) is 0 Å². The highest BCUT2D eigenvalue weighted by Gasteiger charge is 2.40. The summed E-state index contributed by atoms with van der Waals surface area (Å²) in [6.45, 7) is 11.2. The molecule has 140 valence electrons. The first kappa shape index (κ1) is 18.4. The Morgan fingerprint density at radius 3 is 2.60 bits per heavy atom. The van der Waals surface area contributed by atoms with E-state index in [1.165, 1.54) is 12.8 Å². The van der Waals surface area contributed by atoms with Crippen LogP contribution in [-0.2, 0) is 11.3 Å². The molecule has 1 aromatic heterocycles. The lowest BCUT2D eigenvalue weighted by Crippen LogP contribution is -2.57. The molecule has 6 nitrogen and oxygen atoms in total. The molecule has 2 fully saturated rings. The Morgan fingerprint density at radius 1 is 1.32 bits per heavy atom. The van der Waals surface area contributed by atoms with Gasteiger partial charge in [0.05, 0.1) is 18.9 Å². The summed E-state index contributed by atoms with van der Waals surface area (Å²) in [6.07, 6.45) is 4.82. The Bertz CT molecular complexity index is 584. The number of aromatic nitrogens is 2. The molecule has 0 atom stereocenters. The van der Waals surface area contributed by atoms with E-state index in [1.807, 2.05) is 17.7 Å². The average molecular weight is 348 g/mol. The van der Waals surface area contributed by atoms with Gasteiger partial charge >= 0.3 is 0 Å². The number of amides is 1. The quantitative estimate of drug-likeness (QED) is 0.858. The summed E-state index contributed by atoms with van der Waals surface area (Å²) in [5.74, 6) is 0.328. The highest BCUT2D eigenvalue weighted by Crippen LogP contribution is 2.35. The number of morpholine rings is 1. The zero-order valence-corrected chi connectivity index (χ0v) is 15.9. The molecule has 1 saturated carbocycles. The normalized spacial score (nSPS) is 21.0. The Kier molecular flexibility index (Phi) is 5.79. The zero-order valence-electron chi connectivity index (χ0n) is 15.9. The van der Waals surface area contributed by atoms with Crippen LogP contribution >= 0.6 is 0 Å². The van der Waals surface area contributed by atoms with Gasteiger partial charge in [-0.25, -0.2) is 0 Å². The topological polar surface area (TPSA) is 59.4 Å². The number of nitrogens with zero attached hydrogens (tertiary/aromatic N) is 3. The van der Waals surface area contributed by atoms with E-state index in [9.17, 15) is 4.79 Å². The number of hydrogen-bond acceptors (Lipinski definition) is 4. The molecule has 1 amide bonds. The highest BCUT2D eigenvalue weighted by molar-refractivity contribution is 5.92. The Hall–Kier alpha value is -1.40. The van der Waals surface area contributed by atoms with Crippen LogP contribution in [0.2, 0.25) is 0 Å². The van der Waals surface area contributed by atoms with Crippen molar-refractivity contribution in [2.75, 3.05) is 32.8 Å². The van der Waals surface area contributed by atoms with Gasteiger partial charge in [-0.3, -0.25) is 14.4 Å². The van der Waals surface area contributed by atoms with E-state index in [0.29, 0.717) is 18.2 Å². The summed E-state index contributed by atoms with van der Waals surface area (Å²) in [7, 11) is 0. The van der Waals surface area contributed by atoms with Crippen LogP contribution in [0.1, 0.15) is 68.6 Å². The third-order valence-corrected chi connectivity index (χ3v) is 5.72. The van der Waals surface area contributed by atoms with Gasteiger partial charge in [0, 0.05) is 31.7 Å². The molecule has 6 heteroatoms. The van der Waals surface area contributed by atoms with E-state index in [2.05, 4.69) is 29.2 Å². The SMILES string of the molecule is CCn1nc(C(C)C)cc1C(=O)NCC1(N2CCOCC2)CCCC1. The minimum Gasteiger partial charge on any atom is -0.379 e. The predicted molar refractivity (Wildman–Crippen MR) is 97.9 cm³/mol. The number of nitrogens with one attached hydrogen (secondary N) is 1. The molecular weight excluding hydrogens is 316 g/mol. The second-order valence-electron chi connectivity index (χ2n) is 7.64. The molecule has 0 unspecified atom stereocenters. The van der Waals surface area contributed by atoms with Gasteiger partial charge in [0.15, 0.2) is 0 Å². The van der Waals surface area contributed by atoms with Crippen LogP contribution in [0, 0.1) is 0 Å². The van der Waals surface area contributed by atoms with E-state index in [0.717, 1.165) is 51.4 Å². The fourth-order valence-corrected chi connectivity index (χ4v) is 4.15. The molecular formula is C19H32N4O2. The predicted octanol–water partition coefficient (Wildman–Crippen LogP) is 2.40. The fourth-order valence-electron chi connectivity index (χ4n) is 4.15. The van der Waals surface area contributed by atoms with Crippen molar-refractivity contribution in [3.63, 3.8) is 0 Å². The molecule has 1 aromatic rings.